The minimum Gasteiger partial charge on any atom is -0.468 e. The zero-order valence-corrected chi connectivity index (χ0v) is 15.7. The Bertz CT molecular complexity index is 804. The minimum atomic E-state index is -0.650. The number of rotatable bonds is 3. The molecule has 3 amide bonds. The summed E-state index contributed by atoms with van der Waals surface area (Å²) in [7, 11) is 2.82. The van der Waals surface area contributed by atoms with E-state index in [0.29, 0.717) is 6.54 Å². The number of esters is 1. The number of urea groups is 1. The molecule has 4 rings (SSSR count). The molecule has 3 aliphatic heterocycles. The number of carbonyl (C=O) groups is 3. The van der Waals surface area contributed by atoms with Crippen LogP contribution in [0.4, 0.5) is 14.9 Å². The van der Waals surface area contributed by atoms with Gasteiger partial charge in [0.25, 0.3) is 5.91 Å². The summed E-state index contributed by atoms with van der Waals surface area (Å²) in [5, 5.41) is 3.36. The number of imide groups is 1. The van der Waals surface area contributed by atoms with Crippen LogP contribution in [0.2, 0.25) is 0 Å². The number of hydrogen-bond donors (Lipinski definition) is 1. The molecule has 3 saturated heterocycles. The van der Waals surface area contributed by atoms with Crippen LogP contribution in [0.1, 0.15) is 6.42 Å². The molecule has 28 heavy (non-hydrogen) atoms. The summed E-state index contributed by atoms with van der Waals surface area (Å²) < 4.78 is 17.9. The van der Waals surface area contributed by atoms with E-state index < -0.39 is 36.7 Å². The van der Waals surface area contributed by atoms with Gasteiger partial charge < -0.3 is 14.5 Å². The molecule has 3 heterocycles. The van der Waals surface area contributed by atoms with E-state index in [1.54, 1.807) is 19.2 Å². The largest absolute Gasteiger partial charge is 0.468 e. The first kappa shape index (κ1) is 18.6. The molecule has 3 atom stereocenters. The third-order valence-electron chi connectivity index (χ3n) is 5.54. The van der Waals surface area contributed by atoms with Crippen molar-refractivity contribution in [2.24, 2.45) is 0 Å². The van der Waals surface area contributed by atoms with Crippen molar-refractivity contribution in [3.8, 4) is 0 Å². The van der Waals surface area contributed by atoms with Crippen molar-refractivity contribution in [3.05, 3.63) is 30.1 Å². The zero-order chi connectivity index (χ0) is 20.0. The molecule has 0 aromatic heterocycles. The number of fused-ring (bicyclic) bond motifs is 3. The van der Waals surface area contributed by atoms with Crippen molar-refractivity contribution in [2.45, 2.75) is 24.9 Å². The monoisotopic (exact) mass is 391 g/mol. The van der Waals surface area contributed by atoms with Crippen molar-refractivity contribution >= 4 is 23.6 Å². The number of benzene rings is 1. The van der Waals surface area contributed by atoms with Gasteiger partial charge in [-0.3, -0.25) is 24.7 Å². The second-order valence-electron chi connectivity index (χ2n) is 7.09. The quantitative estimate of drug-likeness (QED) is 0.725. The maximum atomic E-state index is 13.3. The fourth-order valence-electron chi connectivity index (χ4n) is 4.16. The molecule has 3 fully saturated rings. The zero-order valence-electron chi connectivity index (χ0n) is 15.7. The number of amides is 3. The maximum Gasteiger partial charge on any atom is 0.328 e. The molecular formula is C18H22FN5O4. The number of carbonyl (C=O) groups excluding carboxylic acids is 3. The molecule has 0 radical (unpaired) electrons. The summed E-state index contributed by atoms with van der Waals surface area (Å²) in [5.74, 6) is -1.39. The van der Waals surface area contributed by atoms with E-state index in [0.717, 1.165) is 23.6 Å². The van der Waals surface area contributed by atoms with Crippen LogP contribution in [0.15, 0.2) is 24.3 Å². The van der Waals surface area contributed by atoms with Crippen LogP contribution in [-0.2, 0) is 14.3 Å². The van der Waals surface area contributed by atoms with Crippen molar-refractivity contribution in [1.29, 1.82) is 0 Å². The Hall–Kier alpha value is -2.72. The van der Waals surface area contributed by atoms with Gasteiger partial charge in [-0.05, 0) is 30.7 Å². The predicted octanol–water partition coefficient (Wildman–Crippen LogP) is -0.0137. The highest BCUT2D eigenvalue weighted by molar-refractivity contribution is 6.02. The van der Waals surface area contributed by atoms with Crippen LogP contribution >= 0.6 is 0 Å². The Kier molecular flexibility index (Phi) is 4.68. The highest BCUT2D eigenvalue weighted by atomic mass is 19.1. The first-order valence-corrected chi connectivity index (χ1v) is 9.11. The Morgan fingerprint density at radius 2 is 1.96 bits per heavy atom. The molecule has 3 aliphatic rings. The molecule has 9 nitrogen and oxygen atoms in total. The van der Waals surface area contributed by atoms with Crippen molar-refractivity contribution in [2.75, 3.05) is 38.7 Å². The summed E-state index contributed by atoms with van der Waals surface area (Å²) in [6.07, 6.45) is -0.0211. The third kappa shape index (κ3) is 2.89. The average molecular weight is 391 g/mol. The fourth-order valence-corrected chi connectivity index (χ4v) is 4.16. The SMILES string of the molecule is COC(=O)CN1C(=O)C2C(NC3N(c4ccc(F)cc4)CCCN23)N(C)C1=O. The highest BCUT2D eigenvalue weighted by Gasteiger charge is 2.56. The number of halogens is 1. The number of ether oxygens (including phenoxy) is 1. The second kappa shape index (κ2) is 7.02. The lowest BCUT2D eigenvalue weighted by molar-refractivity contribution is -0.149. The summed E-state index contributed by atoms with van der Waals surface area (Å²) in [5.41, 5.74) is 0.829. The molecule has 1 aromatic carbocycles. The Balaban J connectivity index is 1.63. The van der Waals surface area contributed by atoms with Gasteiger partial charge in [0.1, 0.15) is 30.9 Å². The Morgan fingerprint density at radius 1 is 1.25 bits per heavy atom. The first-order chi connectivity index (χ1) is 13.4. The van der Waals surface area contributed by atoms with Crippen molar-refractivity contribution < 1.29 is 23.5 Å². The van der Waals surface area contributed by atoms with Crippen LogP contribution in [0.25, 0.3) is 0 Å². The normalized spacial score (nSPS) is 27.7. The van der Waals surface area contributed by atoms with E-state index in [4.69, 9.17) is 0 Å². The molecule has 1 aromatic rings. The van der Waals surface area contributed by atoms with E-state index >= 15 is 0 Å². The number of methoxy groups -OCH3 is 1. The second-order valence-corrected chi connectivity index (χ2v) is 7.09. The van der Waals surface area contributed by atoms with Gasteiger partial charge in [0.15, 0.2) is 0 Å². The lowest BCUT2D eigenvalue weighted by Gasteiger charge is -2.43. The van der Waals surface area contributed by atoms with Gasteiger partial charge in [0.2, 0.25) is 0 Å². The van der Waals surface area contributed by atoms with Gasteiger partial charge in [0, 0.05) is 25.8 Å². The summed E-state index contributed by atoms with van der Waals surface area (Å²) in [6, 6.07) is 5.04. The van der Waals surface area contributed by atoms with Gasteiger partial charge >= 0.3 is 12.0 Å². The number of hydrogen-bond acceptors (Lipinski definition) is 7. The highest BCUT2D eigenvalue weighted by Crippen LogP contribution is 2.33. The molecule has 0 bridgehead atoms. The van der Waals surface area contributed by atoms with E-state index in [2.05, 4.69) is 15.0 Å². The van der Waals surface area contributed by atoms with Crippen LogP contribution in [0.3, 0.4) is 0 Å². The predicted molar refractivity (Wildman–Crippen MR) is 96.5 cm³/mol. The lowest BCUT2D eigenvalue weighted by atomic mass is 10.1. The van der Waals surface area contributed by atoms with E-state index in [1.165, 1.54) is 24.1 Å². The lowest BCUT2D eigenvalue weighted by Crippen LogP contribution is -2.67. The van der Waals surface area contributed by atoms with Crippen LogP contribution in [-0.4, -0.2) is 84.9 Å². The van der Waals surface area contributed by atoms with Gasteiger partial charge in [-0.1, -0.05) is 0 Å². The molecule has 150 valence electrons. The van der Waals surface area contributed by atoms with Crippen LogP contribution < -0.4 is 10.2 Å². The Labute approximate surface area is 161 Å². The molecule has 0 aliphatic carbocycles. The van der Waals surface area contributed by atoms with Gasteiger partial charge in [-0.2, -0.15) is 0 Å². The average Bonchev–Trinajstić information content (AvgIpc) is 3.10. The number of likely N-dealkylation sites (N-methyl/N-ethyl adjacent to an activating group) is 1. The smallest absolute Gasteiger partial charge is 0.328 e. The van der Waals surface area contributed by atoms with Crippen LogP contribution in [0, 0.1) is 5.82 Å². The van der Waals surface area contributed by atoms with Crippen molar-refractivity contribution in [3.63, 3.8) is 0 Å². The Morgan fingerprint density at radius 3 is 2.64 bits per heavy atom. The minimum absolute atomic E-state index is 0.313. The maximum absolute atomic E-state index is 13.3. The fraction of sp³-hybridized carbons (Fsp3) is 0.500. The van der Waals surface area contributed by atoms with Crippen molar-refractivity contribution in [1.82, 2.24) is 20.0 Å². The van der Waals surface area contributed by atoms with Gasteiger partial charge in [-0.15, -0.1) is 0 Å². The van der Waals surface area contributed by atoms with Gasteiger partial charge in [0.05, 0.1) is 7.11 Å². The summed E-state index contributed by atoms with van der Waals surface area (Å²) >= 11 is 0. The van der Waals surface area contributed by atoms with Gasteiger partial charge in [-0.25, -0.2) is 9.18 Å². The summed E-state index contributed by atoms with van der Waals surface area (Å²) in [6.45, 7) is 0.981. The molecule has 0 spiro atoms. The van der Waals surface area contributed by atoms with Crippen LogP contribution in [0.5, 0.6) is 0 Å². The standard InChI is InChI=1S/C18H22FN5O4/c1-21-15-14(16(26)24(18(21)27)10-13(25)28-2)23-9-3-8-22(17(23)20-15)12-6-4-11(19)5-7-12/h4-7,14-15,17,20H,3,8-10H2,1-2H3. The van der Waals surface area contributed by atoms with E-state index in [-0.39, 0.29) is 12.1 Å². The molecule has 0 saturated carbocycles. The third-order valence-corrected chi connectivity index (χ3v) is 5.54. The van der Waals surface area contributed by atoms with E-state index in [9.17, 15) is 18.8 Å². The number of anilines is 1. The van der Waals surface area contributed by atoms with E-state index in [1.807, 2.05) is 4.90 Å². The summed E-state index contributed by atoms with van der Waals surface area (Å²) in [4.78, 5) is 43.8. The topological polar surface area (TPSA) is 85.4 Å². The number of nitrogens with zero attached hydrogens (tertiary/aromatic N) is 4. The molecule has 3 unspecified atom stereocenters. The molecular weight excluding hydrogens is 369 g/mol. The molecule has 10 heteroatoms. The number of nitrogens with one attached hydrogen (secondary N) is 1. The molecule has 1 N–H and O–H groups in total. The first-order valence-electron chi connectivity index (χ1n) is 9.11.